The van der Waals surface area contributed by atoms with Gasteiger partial charge < -0.3 is 5.32 Å². The molecule has 0 amide bonds. The number of aromatic nitrogens is 2. The Hall–Kier alpha value is -0.830. The lowest BCUT2D eigenvalue weighted by atomic mass is 10.2. The second kappa shape index (κ2) is 5.02. The molecule has 0 radical (unpaired) electrons. The quantitative estimate of drug-likeness (QED) is 0.752. The molecule has 1 unspecified atom stereocenters. The predicted molar refractivity (Wildman–Crippen MR) is 54.6 cm³/mol. The van der Waals surface area contributed by atoms with Crippen LogP contribution < -0.4 is 5.32 Å². The van der Waals surface area contributed by atoms with Crippen LogP contribution in [0, 0.1) is 0 Å². The van der Waals surface area contributed by atoms with Crippen LogP contribution in [0.1, 0.15) is 38.3 Å². The third kappa shape index (κ3) is 2.84. The molecule has 74 valence electrons. The van der Waals surface area contributed by atoms with Crippen molar-refractivity contribution in [2.24, 2.45) is 0 Å². The molecule has 1 rings (SSSR count). The van der Waals surface area contributed by atoms with Crippen LogP contribution in [0.25, 0.3) is 0 Å². The monoisotopic (exact) mass is 181 g/mol. The summed E-state index contributed by atoms with van der Waals surface area (Å²) in [7, 11) is 1.97. The van der Waals surface area contributed by atoms with Gasteiger partial charge in [-0.25, -0.2) is 0 Å². The molecule has 0 aliphatic carbocycles. The first-order valence-corrected chi connectivity index (χ1v) is 4.97. The molecule has 0 bridgehead atoms. The van der Waals surface area contributed by atoms with Gasteiger partial charge in [-0.1, -0.05) is 13.3 Å². The van der Waals surface area contributed by atoms with Crippen molar-refractivity contribution in [3.63, 3.8) is 0 Å². The van der Waals surface area contributed by atoms with Crippen molar-refractivity contribution < 1.29 is 0 Å². The van der Waals surface area contributed by atoms with Crippen molar-refractivity contribution in [3.05, 3.63) is 18.0 Å². The fourth-order valence-electron chi connectivity index (χ4n) is 1.21. The molecule has 1 aromatic heterocycles. The van der Waals surface area contributed by atoms with Gasteiger partial charge in [0.1, 0.15) is 0 Å². The Kier molecular flexibility index (Phi) is 3.96. The van der Waals surface area contributed by atoms with Gasteiger partial charge in [0.2, 0.25) is 0 Å². The minimum absolute atomic E-state index is 0.398. The highest BCUT2D eigenvalue weighted by Gasteiger charge is 2.04. The average molecular weight is 181 g/mol. The van der Waals surface area contributed by atoms with E-state index in [4.69, 9.17) is 0 Å². The standard InChI is InChI=1S/C10H19N3/c1-4-5-6-13-8-10(7-12-13)9(2)11-3/h7-9,11H,4-6H2,1-3H3. The van der Waals surface area contributed by atoms with Crippen molar-refractivity contribution in [2.75, 3.05) is 7.05 Å². The first kappa shape index (κ1) is 10.3. The van der Waals surface area contributed by atoms with Crippen molar-refractivity contribution in [3.8, 4) is 0 Å². The predicted octanol–water partition coefficient (Wildman–Crippen LogP) is 1.96. The Morgan fingerprint density at radius 2 is 2.38 bits per heavy atom. The smallest absolute Gasteiger partial charge is 0.0537 e. The molecule has 3 heteroatoms. The van der Waals surface area contributed by atoms with E-state index in [9.17, 15) is 0 Å². The minimum Gasteiger partial charge on any atom is -0.313 e. The fourth-order valence-corrected chi connectivity index (χ4v) is 1.21. The topological polar surface area (TPSA) is 29.9 Å². The zero-order chi connectivity index (χ0) is 9.68. The Balaban J connectivity index is 2.53. The van der Waals surface area contributed by atoms with Gasteiger partial charge in [-0.2, -0.15) is 5.10 Å². The number of rotatable bonds is 5. The molecule has 0 saturated heterocycles. The van der Waals surface area contributed by atoms with Crippen molar-refractivity contribution in [1.82, 2.24) is 15.1 Å². The summed E-state index contributed by atoms with van der Waals surface area (Å²) in [4.78, 5) is 0. The number of hydrogen-bond donors (Lipinski definition) is 1. The first-order valence-electron chi connectivity index (χ1n) is 4.97. The second-order valence-corrected chi connectivity index (χ2v) is 3.40. The third-order valence-electron chi connectivity index (χ3n) is 2.33. The summed E-state index contributed by atoms with van der Waals surface area (Å²) in [6, 6.07) is 0.398. The van der Waals surface area contributed by atoms with Gasteiger partial charge in [-0.15, -0.1) is 0 Å². The summed E-state index contributed by atoms with van der Waals surface area (Å²) in [5, 5.41) is 7.50. The summed E-state index contributed by atoms with van der Waals surface area (Å²) in [5.41, 5.74) is 1.26. The molecule has 1 atom stereocenters. The highest BCUT2D eigenvalue weighted by molar-refractivity contribution is 5.08. The molecule has 1 N–H and O–H groups in total. The average Bonchev–Trinajstić information content (AvgIpc) is 2.62. The molecule has 3 nitrogen and oxygen atoms in total. The fraction of sp³-hybridized carbons (Fsp3) is 0.700. The lowest BCUT2D eigenvalue weighted by Gasteiger charge is -2.05. The lowest BCUT2D eigenvalue weighted by Crippen LogP contribution is -2.11. The van der Waals surface area contributed by atoms with E-state index >= 15 is 0 Å². The molecule has 0 spiro atoms. The number of nitrogens with one attached hydrogen (secondary N) is 1. The Bertz CT molecular complexity index is 242. The van der Waals surface area contributed by atoms with E-state index in [-0.39, 0.29) is 0 Å². The molecule has 0 aliphatic rings. The maximum atomic E-state index is 4.30. The van der Waals surface area contributed by atoms with Crippen molar-refractivity contribution in [2.45, 2.75) is 39.3 Å². The Morgan fingerprint density at radius 3 is 3.00 bits per heavy atom. The van der Waals surface area contributed by atoms with Crippen LogP contribution in [0.5, 0.6) is 0 Å². The summed E-state index contributed by atoms with van der Waals surface area (Å²) in [6.07, 6.45) is 6.49. The normalized spacial score (nSPS) is 13.2. The van der Waals surface area contributed by atoms with E-state index in [1.54, 1.807) is 0 Å². The molecule has 1 aromatic rings. The molecular formula is C10H19N3. The minimum atomic E-state index is 0.398. The molecule has 0 aromatic carbocycles. The number of hydrogen-bond acceptors (Lipinski definition) is 2. The van der Waals surface area contributed by atoms with Crippen LogP contribution in [0.3, 0.4) is 0 Å². The van der Waals surface area contributed by atoms with Gasteiger partial charge in [-0.3, -0.25) is 4.68 Å². The Morgan fingerprint density at radius 1 is 1.62 bits per heavy atom. The zero-order valence-electron chi connectivity index (χ0n) is 8.75. The number of unbranched alkanes of at least 4 members (excludes halogenated alkanes) is 1. The van der Waals surface area contributed by atoms with Gasteiger partial charge in [0.05, 0.1) is 6.20 Å². The highest BCUT2D eigenvalue weighted by atomic mass is 15.3. The molecule has 0 fully saturated rings. The molecule has 13 heavy (non-hydrogen) atoms. The summed E-state index contributed by atoms with van der Waals surface area (Å²) in [6.45, 7) is 5.37. The largest absolute Gasteiger partial charge is 0.313 e. The van der Waals surface area contributed by atoms with Gasteiger partial charge >= 0.3 is 0 Å². The SMILES string of the molecule is CCCCn1cc(C(C)NC)cn1. The molecule has 0 saturated carbocycles. The summed E-state index contributed by atoms with van der Waals surface area (Å²) >= 11 is 0. The van der Waals surface area contributed by atoms with Crippen LogP contribution in [0.15, 0.2) is 12.4 Å². The molecule has 1 heterocycles. The number of aryl methyl sites for hydroxylation is 1. The summed E-state index contributed by atoms with van der Waals surface area (Å²) in [5.74, 6) is 0. The van der Waals surface area contributed by atoms with E-state index in [1.807, 2.05) is 17.9 Å². The van der Waals surface area contributed by atoms with E-state index < -0.39 is 0 Å². The highest BCUT2D eigenvalue weighted by Crippen LogP contribution is 2.09. The second-order valence-electron chi connectivity index (χ2n) is 3.40. The van der Waals surface area contributed by atoms with Crippen LogP contribution in [0.2, 0.25) is 0 Å². The van der Waals surface area contributed by atoms with E-state index in [1.165, 1.54) is 18.4 Å². The van der Waals surface area contributed by atoms with E-state index in [2.05, 4.69) is 30.5 Å². The van der Waals surface area contributed by atoms with Gasteiger partial charge in [0, 0.05) is 24.3 Å². The lowest BCUT2D eigenvalue weighted by molar-refractivity contribution is 0.569. The number of nitrogens with zero attached hydrogens (tertiary/aromatic N) is 2. The molecular weight excluding hydrogens is 162 g/mol. The zero-order valence-corrected chi connectivity index (χ0v) is 8.75. The van der Waals surface area contributed by atoms with Crippen LogP contribution in [-0.4, -0.2) is 16.8 Å². The van der Waals surface area contributed by atoms with Crippen molar-refractivity contribution in [1.29, 1.82) is 0 Å². The van der Waals surface area contributed by atoms with Crippen LogP contribution >= 0.6 is 0 Å². The van der Waals surface area contributed by atoms with Gasteiger partial charge in [0.15, 0.2) is 0 Å². The van der Waals surface area contributed by atoms with Crippen LogP contribution in [0.4, 0.5) is 0 Å². The summed E-state index contributed by atoms with van der Waals surface area (Å²) < 4.78 is 2.02. The van der Waals surface area contributed by atoms with E-state index in [0.717, 1.165) is 6.54 Å². The molecule has 0 aliphatic heterocycles. The van der Waals surface area contributed by atoms with Gasteiger partial charge in [0.25, 0.3) is 0 Å². The van der Waals surface area contributed by atoms with Crippen molar-refractivity contribution >= 4 is 0 Å². The van der Waals surface area contributed by atoms with Gasteiger partial charge in [-0.05, 0) is 20.4 Å². The van der Waals surface area contributed by atoms with Crippen LogP contribution in [-0.2, 0) is 6.54 Å². The third-order valence-corrected chi connectivity index (χ3v) is 2.33. The maximum Gasteiger partial charge on any atom is 0.0537 e. The first-order chi connectivity index (χ1) is 6.27. The Labute approximate surface area is 80.1 Å². The maximum absolute atomic E-state index is 4.30. The van der Waals surface area contributed by atoms with E-state index in [0.29, 0.717) is 6.04 Å².